The maximum Gasteiger partial charge on any atom is 0.186 e. The van der Waals surface area contributed by atoms with Gasteiger partial charge < -0.3 is 59.8 Å². The van der Waals surface area contributed by atoms with Crippen molar-refractivity contribution in [1.29, 1.82) is 0 Å². The van der Waals surface area contributed by atoms with Crippen LogP contribution in [0.15, 0.2) is 0 Å². The number of ether oxygens (including phenoxy) is 4. The summed E-state index contributed by atoms with van der Waals surface area (Å²) in [6, 6.07) is 0. The first-order valence-corrected chi connectivity index (χ1v) is 17.5. The minimum atomic E-state index is -1.52. The Bertz CT molecular complexity index is 1090. The van der Waals surface area contributed by atoms with E-state index in [-0.39, 0.29) is 54.1 Å². The van der Waals surface area contributed by atoms with Crippen LogP contribution in [0.4, 0.5) is 0 Å². The average molecular weight is 659 g/mol. The third-order valence-electron chi connectivity index (χ3n) is 14.4. The first-order valence-electron chi connectivity index (χ1n) is 17.5. The molecule has 6 rings (SSSR count). The highest BCUT2D eigenvalue weighted by molar-refractivity contribution is 5.21. The Morgan fingerprint density at radius 1 is 0.935 bits per heavy atom. The third-order valence-corrected chi connectivity index (χ3v) is 14.4. The molecule has 0 bridgehead atoms. The summed E-state index contributed by atoms with van der Waals surface area (Å²) in [6.07, 6.45) is -4.66. The standard InChI is InChI=1S/C34H58O12/c1-16(15-44-30-28(40)27(39)26(38)23(14-35)45-30)6-11-34(43-5)17(2)25-22(46-34)12-20-18-7-10-33(42)29(41)21(36)13-24(37)32(33,4)19(18)8-9-31(20,25)3/h16-30,35-42H,6-15H2,1-5H3/t16?,17-,18?,19?,20?,21?,22?,23+,24?,25?,26+,27-,28+,29?,30+,31?,32?,33?,34?/m0/s1. The number of aliphatic hydroxyl groups is 8. The van der Waals surface area contributed by atoms with Gasteiger partial charge in [0.2, 0.25) is 0 Å². The van der Waals surface area contributed by atoms with Gasteiger partial charge in [0, 0.05) is 31.3 Å². The summed E-state index contributed by atoms with van der Waals surface area (Å²) in [5.74, 6) is 0.313. The highest BCUT2D eigenvalue weighted by Crippen LogP contribution is 2.71. The molecule has 0 aromatic rings. The van der Waals surface area contributed by atoms with Crippen LogP contribution in [0.25, 0.3) is 0 Å². The number of aliphatic hydroxyl groups excluding tert-OH is 7. The lowest BCUT2D eigenvalue weighted by Gasteiger charge is -2.66. The van der Waals surface area contributed by atoms with Crippen molar-refractivity contribution in [1.82, 2.24) is 0 Å². The highest BCUT2D eigenvalue weighted by Gasteiger charge is 2.73. The molecule has 2 heterocycles. The van der Waals surface area contributed by atoms with Gasteiger partial charge in [-0.1, -0.05) is 27.7 Å². The van der Waals surface area contributed by atoms with Gasteiger partial charge in [-0.15, -0.1) is 0 Å². The van der Waals surface area contributed by atoms with Gasteiger partial charge in [-0.2, -0.15) is 0 Å². The van der Waals surface area contributed by atoms with Gasteiger partial charge >= 0.3 is 0 Å². The number of hydrogen-bond donors (Lipinski definition) is 8. The molecule has 0 radical (unpaired) electrons. The normalized spacial score (nSPS) is 57.3. The molecule has 4 aliphatic carbocycles. The third kappa shape index (κ3) is 4.99. The lowest BCUT2D eigenvalue weighted by Crippen LogP contribution is -2.73. The van der Waals surface area contributed by atoms with Crippen molar-refractivity contribution in [3.05, 3.63) is 0 Å². The summed E-state index contributed by atoms with van der Waals surface area (Å²) in [5.41, 5.74) is -2.43. The SMILES string of the molecule is COC1(CCC(C)CO[C@@H]2O[C@H](CO)[C@@H](O)[C@H](O)[C@H]2O)OC2CC3C4CCC5(O)C(O)C(O)CC(O)C5(C)C4CCC3(C)C2[C@@H]1C. The van der Waals surface area contributed by atoms with Crippen molar-refractivity contribution in [3.63, 3.8) is 0 Å². The summed E-state index contributed by atoms with van der Waals surface area (Å²) in [4.78, 5) is 0. The van der Waals surface area contributed by atoms with Crippen molar-refractivity contribution in [3.8, 4) is 0 Å². The van der Waals surface area contributed by atoms with E-state index in [9.17, 15) is 40.9 Å². The Kier molecular flexibility index (Phi) is 9.52. The topological polar surface area (TPSA) is 199 Å². The molecule has 266 valence electrons. The van der Waals surface area contributed by atoms with E-state index in [1.165, 1.54) is 0 Å². The van der Waals surface area contributed by atoms with Crippen LogP contribution in [-0.2, 0) is 18.9 Å². The van der Waals surface area contributed by atoms with E-state index in [1.807, 2.05) is 13.8 Å². The van der Waals surface area contributed by atoms with Gasteiger partial charge in [0.15, 0.2) is 12.1 Å². The summed E-state index contributed by atoms with van der Waals surface area (Å²) in [6.45, 7) is 8.29. The summed E-state index contributed by atoms with van der Waals surface area (Å²) in [7, 11) is 1.70. The smallest absolute Gasteiger partial charge is 0.186 e. The fourth-order valence-corrected chi connectivity index (χ4v) is 11.6. The molecule has 2 saturated heterocycles. The van der Waals surface area contributed by atoms with E-state index >= 15 is 0 Å². The van der Waals surface area contributed by atoms with Crippen LogP contribution in [0.2, 0.25) is 0 Å². The van der Waals surface area contributed by atoms with E-state index in [0.717, 1.165) is 25.7 Å². The van der Waals surface area contributed by atoms with Gasteiger partial charge in [0.25, 0.3) is 0 Å². The Morgan fingerprint density at radius 3 is 2.33 bits per heavy atom. The first kappa shape index (κ1) is 35.3. The van der Waals surface area contributed by atoms with Crippen LogP contribution >= 0.6 is 0 Å². The minimum Gasteiger partial charge on any atom is -0.394 e. The molecule has 0 aromatic carbocycles. The maximum absolute atomic E-state index is 11.8. The molecule has 6 fully saturated rings. The quantitative estimate of drug-likeness (QED) is 0.178. The molecule has 12 nitrogen and oxygen atoms in total. The molecule has 4 saturated carbocycles. The predicted octanol–water partition coefficient (Wildman–Crippen LogP) is 0.283. The summed E-state index contributed by atoms with van der Waals surface area (Å²) in [5, 5.41) is 84.4. The van der Waals surface area contributed by atoms with Crippen LogP contribution in [0.3, 0.4) is 0 Å². The number of fused-ring (bicyclic) bond motifs is 7. The number of methoxy groups -OCH3 is 1. The minimum absolute atomic E-state index is 0.00701. The fourth-order valence-electron chi connectivity index (χ4n) is 11.6. The monoisotopic (exact) mass is 658 g/mol. The lowest BCUT2D eigenvalue weighted by molar-refractivity contribution is -0.303. The largest absolute Gasteiger partial charge is 0.394 e. The average Bonchev–Trinajstić information content (AvgIpc) is 3.49. The molecule has 19 atom stereocenters. The molecule has 13 unspecified atom stereocenters. The second kappa shape index (κ2) is 12.4. The molecular formula is C34H58O12. The zero-order chi connectivity index (χ0) is 33.6. The van der Waals surface area contributed by atoms with Gasteiger partial charge in [-0.05, 0) is 73.5 Å². The number of rotatable bonds is 8. The Morgan fingerprint density at radius 2 is 1.65 bits per heavy atom. The van der Waals surface area contributed by atoms with Crippen molar-refractivity contribution in [2.24, 2.45) is 46.3 Å². The summed E-state index contributed by atoms with van der Waals surface area (Å²) >= 11 is 0. The molecule has 46 heavy (non-hydrogen) atoms. The molecule has 0 amide bonds. The zero-order valence-electron chi connectivity index (χ0n) is 27.9. The van der Waals surface area contributed by atoms with Crippen molar-refractivity contribution in [2.45, 2.75) is 146 Å². The molecule has 12 heteroatoms. The lowest BCUT2D eigenvalue weighted by atomic mass is 9.41. The van der Waals surface area contributed by atoms with Gasteiger partial charge in [0.05, 0.1) is 31.5 Å². The molecule has 0 aromatic heterocycles. The van der Waals surface area contributed by atoms with Crippen molar-refractivity contribution >= 4 is 0 Å². The van der Waals surface area contributed by atoms with Crippen molar-refractivity contribution < 1.29 is 59.8 Å². The van der Waals surface area contributed by atoms with Gasteiger partial charge in [-0.25, -0.2) is 0 Å². The second-order valence-corrected chi connectivity index (χ2v) is 16.3. The van der Waals surface area contributed by atoms with Crippen LogP contribution in [0, 0.1) is 46.3 Å². The first-order chi connectivity index (χ1) is 21.6. The van der Waals surface area contributed by atoms with Crippen LogP contribution in [0.1, 0.15) is 79.1 Å². The summed E-state index contributed by atoms with van der Waals surface area (Å²) < 4.78 is 24.4. The van der Waals surface area contributed by atoms with Crippen LogP contribution in [0.5, 0.6) is 0 Å². The van der Waals surface area contributed by atoms with E-state index in [0.29, 0.717) is 25.2 Å². The zero-order valence-corrected chi connectivity index (χ0v) is 27.9. The Hall–Kier alpha value is -0.480. The predicted molar refractivity (Wildman–Crippen MR) is 163 cm³/mol. The van der Waals surface area contributed by atoms with E-state index in [2.05, 4.69) is 13.8 Å². The number of hydrogen-bond acceptors (Lipinski definition) is 12. The van der Waals surface area contributed by atoms with Gasteiger partial charge in [0.1, 0.15) is 36.1 Å². The maximum atomic E-state index is 11.8. The van der Waals surface area contributed by atoms with Gasteiger partial charge in [-0.3, -0.25) is 0 Å². The molecular weight excluding hydrogens is 600 g/mol. The van der Waals surface area contributed by atoms with E-state index < -0.39 is 72.4 Å². The Labute approximate surface area is 272 Å². The Balaban J connectivity index is 1.11. The van der Waals surface area contributed by atoms with Crippen molar-refractivity contribution in [2.75, 3.05) is 20.3 Å². The molecule has 0 spiro atoms. The van der Waals surface area contributed by atoms with E-state index in [4.69, 9.17) is 18.9 Å². The van der Waals surface area contributed by atoms with Crippen LogP contribution < -0.4 is 0 Å². The molecule has 6 aliphatic rings. The fraction of sp³-hybridized carbons (Fsp3) is 1.00. The highest BCUT2D eigenvalue weighted by atomic mass is 16.7. The van der Waals surface area contributed by atoms with E-state index in [1.54, 1.807) is 7.11 Å². The van der Waals surface area contributed by atoms with Crippen LogP contribution in [-0.4, -0.2) is 128 Å². The molecule has 2 aliphatic heterocycles. The second-order valence-electron chi connectivity index (χ2n) is 16.3. The molecule has 8 N–H and O–H groups in total.